The number of allylic oxidation sites excluding steroid dienone is 2. The highest BCUT2D eigenvalue weighted by atomic mass is 79.9. The first kappa shape index (κ1) is 44.8. The number of Topliss-reactive ketones (excluding diaryl/α,β-unsaturated/α-hetero) is 1. The van der Waals surface area contributed by atoms with Crippen molar-refractivity contribution >= 4 is 72.9 Å². The van der Waals surface area contributed by atoms with Gasteiger partial charge >= 0.3 is 11.8 Å². The molecule has 6 rings (SSSR count). The number of halogens is 1. The fourth-order valence-corrected chi connectivity index (χ4v) is 9.17. The number of carbonyl (C=O) groups is 3. The van der Waals surface area contributed by atoms with Crippen LogP contribution in [0.1, 0.15) is 64.4 Å². The molecule has 320 valence electrons. The van der Waals surface area contributed by atoms with Gasteiger partial charge in [-0.15, -0.1) is 11.8 Å². The van der Waals surface area contributed by atoms with E-state index in [1.165, 1.54) is 65.0 Å². The Balaban J connectivity index is 1.61. The molecule has 3 aliphatic heterocycles. The number of ether oxygens (including phenoxy) is 4. The van der Waals surface area contributed by atoms with Crippen molar-refractivity contribution in [1.82, 2.24) is 4.98 Å². The number of hydrogen-bond acceptors (Lipinski definition) is 14. The second-order valence-electron chi connectivity index (χ2n) is 15.7. The third-order valence-corrected chi connectivity index (χ3v) is 12.8. The van der Waals surface area contributed by atoms with Crippen LogP contribution in [0.2, 0.25) is 0 Å². The van der Waals surface area contributed by atoms with Gasteiger partial charge in [0.1, 0.15) is 34.5 Å². The number of ketones is 1. The minimum absolute atomic E-state index is 0.00215. The molecule has 1 amide bonds. The lowest BCUT2D eigenvalue weighted by molar-refractivity contribution is -0.160. The number of nitrogens with one attached hydrogen (secondary N) is 1. The topological polar surface area (TPSA) is 204 Å². The number of rotatable bonds is 3. The van der Waals surface area contributed by atoms with Crippen molar-refractivity contribution < 1.29 is 53.1 Å². The van der Waals surface area contributed by atoms with Crippen molar-refractivity contribution in [3.05, 3.63) is 74.1 Å². The van der Waals surface area contributed by atoms with Crippen molar-refractivity contribution in [2.75, 3.05) is 18.7 Å². The van der Waals surface area contributed by atoms with E-state index in [4.69, 9.17) is 28.3 Å². The van der Waals surface area contributed by atoms with E-state index >= 15 is 0 Å². The van der Waals surface area contributed by atoms with Gasteiger partial charge in [0.25, 0.3) is 11.7 Å². The van der Waals surface area contributed by atoms with Crippen molar-refractivity contribution in [3.8, 4) is 23.0 Å². The van der Waals surface area contributed by atoms with Gasteiger partial charge in [0.2, 0.25) is 5.43 Å². The number of methoxy groups -OCH3 is 1. The zero-order chi connectivity index (χ0) is 44.1. The number of aliphatic hydroxyl groups excluding tert-OH is 2. The van der Waals surface area contributed by atoms with Crippen LogP contribution in [0.15, 0.2) is 66.9 Å². The average Bonchev–Trinajstić information content (AvgIpc) is 3.47. The van der Waals surface area contributed by atoms with Crippen LogP contribution in [0.3, 0.4) is 0 Å². The van der Waals surface area contributed by atoms with Crippen LogP contribution in [0.25, 0.3) is 33.3 Å². The molecule has 2 aromatic rings. The number of thioether (sulfide) groups is 1. The van der Waals surface area contributed by atoms with E-state index < -0.39 is 82.7 Å². The molecule has 14 nitrogen and oxygen atoms in total. The van der Waals surface area contributed by atoms with E-state index in [1.54, 1.807) is 45.9 Å². The maximum Gasteiger partial charge on any atom is 0.312 e. The molecule has 0 radical (unpaired) electrons. The molecule has 0 aromatic heterocycles. The number of aromatic nitrogens is 1. The predicted octanol–water partition coefficient (Wildman–Crippen LogP) is 7.43. The van der Waals surface area contributed by atoms with Crippen LogP contribution in [0.5, 0.6) is 11.5 Å². The molecule has 0 saturated carbocycles. The van der Waals surface area contributed by atoms with Gasteiger partial charge in [-0.2, -0.15) is 0 Å². The van der Waals surface area contributed by atoms with Gasteiger partial charge in [-0.1, -0.05) is 61.9 Å². The van der Waals surface area contributed by atoms with Crippen molar-refractivity contribution in [3.63, 3.8) is 0 Å². The first-order valence-electron chi connectivity index (χ1n) is 19.4. The number of anilines is 1. The van der Waals surface area contributed by atoms with Gasteiger partial charge < -0.3 is 44.0 Å². The summed E-state index contributed by atoms with van der Waals surface area (Å²) in [5, 5.41) is 37.0. The third-order valence-electron chi connectivity index (χ3n) is 11.6. The van der Waals surface area contributed by atoms with Crippen LogP contribution in [-0.2, 0) is 23.8 Å². The first-order valence-corrected chi connectivity index (χ1v) is 21.4. The van der Waals surface area contributed by atoms with Gasteiger partial charge in [0.05, 0.1) is 35.5 Å². The van der Waals surface area contributed by atoms with E-state index in [1.807, 2.05) is 12.3 Å². The van der Waals surface area contributed by atoms with Crippen LogP contribution in [0, 0.1) is 30.6 Å². The van der Waals surface area contributed by atoms with E-state index in [2.05, 4.69) is 21.2 Å². The highest BCUT2D eigenvalue weighted by Gasteiger charge is 2.50. The number of nitrogens with zero attached hydrogens (tertiary/aromatic N) is 1. The van der Waals surface area contributed by atoms with Gasteiger partial charge in [-0.3, -0.25) is 19.2 Å². The van der Waals surface area contributed by atoms with Crippen molar-refractivity contribution in [1.29, 1.82) is 0 Å². The number of phenols is 1. The highest BCUT2D eigenvalue weighted by molar-refractivity contribution is 9.10. The number of aromatic hydroxyl groups is 1. The Kier molecular flexibility index (Phi) is 12.9. The average molecular weight is 910 g/mol. The Morgan fingerprint density at radius 1 is 1.02 bits per heavy atom. The second-order valence-corrected chi connectivity index (χ2v) is 17.4. The molecule has 2 aromatic carbocycles. The first-order chi connectivity index (χ1) is 28.3. The summed E-state index contributed by atoms with van der Waals surface area (Å²) in [5.41, 5.74) is -0.333. The maximum atomic E-state index is 14.7. The minimum atomic E-state index is -2.03. The normalized spacial score (nSPS) is 29.9. The van der Waals surface area contributed by atoms with Crippen molar-refractivity contribution in [2.24, 2.45) is 23.7 Å². The number of amides is 1. The molecule has 3 heterocycles. The number of aliphatic hydroxyl groups is 2. The summed E-state index contributed by atoms with van der Waals surface area (Å²) >= 11 is 4.89. The fourth-order valence-electron chi connectivity index (χ4n) is 8.00. The summed E-state index contributed by atoms with van der Waals surface area (Å²) in [7, 11) is 1.45. The summed E-state index contributed by atoms with van der Waals surface area (Å²) in [6, 6.07) is 3.50. The smallest absolute Gasteiger partial charge is 0.312 e. The Morgan fingerprint density at radius 2 is 1.72 bits per heavy atom. The molecule has 0 unspecified atom stereocenters. The van der Waals surface area contributed by atoms with E-state index in [-0.39, 0.29) is 55.9 Å². The molecule has 0 saturated heterocycles. The van der Waals surface area contributed by atoms with Gasteiger partial charge in [-0.25, -0.2) is 4.98 Å². The van der Waals surface area contributed by atoms with E-state index in [0.29, 0.717) is 14.9 Å². The SMILES string of the molecule is CO[C@H]1/C=C/O[C@@]2(C)Oc3c(C)c(O)c4c(=O)c(c5oc6cc(Br)cc(SC)c6nc-5c4c3C2=O)NC(=O)/C(C)=C\C=C\[C@H](C)[C@H](O)[C@@H](C)[C@@H](O)[C@@H](C)[C@H](OC(C)=O)[C@@H]1C. The van der Waals surface area contributed by atoms with Crippen LogP contribution >= 0.6 is 27.7 Å². The number of hydrogen-bond donors (Lipinski definition) is 4. The summed E-state index contributed by atoms with van der Waals surface area (Å²) in [6.07, 6.45) is 5.48. The van der Waals surface area contributed by atoms with Crippen LogP contribution in [0.4, 0.5) is 5.69 Å². The lowest BCUT2D eigenvalue weighted by Crippen LogP contribution is -2.46. The molecule has 0 spiro atoms. The highest BCUT2D eigenvalue weighted by Crippen LogP contribution is 2.51. The summed E-state index contributed by atoms with van der Waals surface area (Å²) in [5.74, 6) is -7.16. The number of fused-ring (bicyclic) bond motifs is 2. The van der Waals surface area contributed by atoms with E-state index in [9.17, 15) is 34.5 Å². The lowest BCUT2D eigenvalue weighted by atomic mass is 9.78. The molecule has 4 aliphatic rings. The monoisotopic (exact) mass is 908 g/mol. The standard InChI is InChI=1S/C44H49BrN2O12S/c1-18-12-11-13-19(2)43(54)47-34-38(52)30-29(33-41(34)58-27-16-25(45)17-28(60-10)32(27)46-33)31-40(23(6)37(30)51)59-44(8,42(31)53)56-15-14-26(55-9)20(3)39(57-24(7)48)22(5)36(50)21(4)35(18)49/h11-18,20-22,26,35-36,39,49-51H,1-10H3,(H,47,54)/b12-11+,15-14+,19-13-/t18-,20+,21+,22+,26-,35-,36+,39+,44-/m0/s1. The van der Waals surface area contributed by atoms with Crippen LogP contribution in [-0.4, -0.2) is 81.5 Å². The second kappa shape index (κ2) is 17.3. The Labute approximate surface area is 359 Å². The predicted molar refractivity (Wildman–Crippen MR) is 230 cm³/mol. The molecule has 4 N–H and O–H groups in total. The molecule has 4 bridgehead atoms. The van der Waals surface area contributed by atoms with Gasteiger partial charge in [0, 0.05) is 70.5 Å². The molecule has 60 heavy (non-hydrogen) atoms. The number of benzene rings is 3. The fraction of sp³-hybridized carbons (Fsp3) is 0.432. The van der Waals surface area contributed by atoms with Gasteiger partial charge in [-0.05, 0) is 38.3 Å². The van der Waals surface area contributed by atoms with Gasteiger partial charge in [0.15, 0.2) is 11.3 Å². The quantitative estimate of drug-likeness (QED) is 0.0684. The Hall–Kier alpha value is -4.74. The largest absolute Gasteiger partial charge is 0.507 e. The molecule has 16 heteroatoms. The Morgan fingerprint density at radius 3 is 2.37 bits per heavy atom. The third kappa shape index (κ3) is 7.95. The molecule has 1 aliphatic carbocycles. The number of esters is 1. The Bertz CT molecular complexity index is 2510. The molecule has 9 atom stereocenters. The van der Waals surface area contributed by atoms with E-state index in [0.717, 1.165) is 0 Å². The molecule has 0 fully saturated rings. The minimum Gasteiger partial charge on any atom is -0.507 e. The van der Waals surface area contributed by atoms with Crippen LogP contribution < -0.4 is 15.5 Å². The summed E-state index contributed by atoms with van der Waals surface area (Å²) < 4.78 is 30.9. The zero-order valence-corrected chi connectivity index (χ0v) is 37.3. The number of carbonyl (C=O) groups excluding carboxylic acids is 3. The number of phenolic OH excluding ortho intramolecular Hbond substituents is 1. The molecular weight excluding hydrogens is 860 g/mol. The summed E-state index contributed by atoms with van der Waals surface area (Å²) in [4.78, 5) is 61.2. The lowest BCUT2D eigenvalue weighted by Gasteiger charge is -2.38. The maximum absolute atomic E-state index is 14.7. The molecular formula is C44H49BrN2O12S. The summed E-state index contributed by atoms with van der Waals surface area (Å²) in [6.45, 7) is 12.6. The zero-order valence-electron chi connectivity index (χ0n) is 34.9. The van der Waals surface area contributed by atoms with Crippen molar-refractivity contribution in [2.45, 2.75) is 90.5 Å².